The van der Waals surface area contributed by atoms with Crippen LogP contribution in [0, 0.1) is 6.92 Å². The van der Waals surface area contributed by atoms with Crippen molar-refractivity contribution in [2.24, 2.45) is 0 Å². The van der Waals surface area contributed by atoms with E-state index in [0.29, 0.717) is 38.1 Å². The van der Waals surface area contributed by atoms with Crippen molar-refractivity contribution >= 4 is 5.91 Å². The largest absolute Gasteiger partial charge is 0.494 e. The molecule has 0 bridgehead atoms. The SMILES string of the molecule is CCOc1cc(C(=O)N2CCC(O)CC2)ccc1C. The summed E-state index contributed by atoms with van der Waals surface area (Å²) in [7, 11) is 0. The molecule has 1 N–H and O–H groups in total. The Bertz CT molecular complexity index is 451. The molecular formula is C15H21NO3. The Morgan fingerprint density at radius 1 is 1.42 bits per heavy atom. The van der Waals surface area contributed by atoms with E-state index in [0.717, 1.165) is 11.3 Å². The first-order valence-corrected chi connectivity index (χ1v) is 6.82. The highest BCUT2D eigenvalue weighted by Crippen LogP contribution is 2.21. The molecule has 0 radical (unpaired) electrons. The number of aliphatic hydroxyl groups excluding tert-OH is 1. The zero-order chi connectivity index (χ0) is 13.8. The van der Waals surface area contributed by atoms with Crippen LogP contribution in [-0.4, -0.2) is 41.7 Å². The fraction of sp³-hybridized carbons (Fsp3) is 0.533. The zero-order valence-corrected chi connectivity index (χ0v) is 11.6. The number of amides is 1. The van der Waals surface area contributed by atoms with Crippen molar-refractivity contribution in [3.63, 3.8) is 0 Å². The lowest BCUT2D eigenvalue weighted by atomic mass is 10.1. The van der Waals surface area contributed by atoms with Crippen LogP contribution >= 0.6 is 0 Å². The van der Waals surface area contributed by atoms with Gasteiger partial charge in [-0.05, 0) is 44.4 Å². The molecule has 1 fully saturated rings. The van der Waals surface area contributed by atoms with Crippen LogP contribution in [0.15, 0.2) is 18.2 Å². The first-order valence-electron chi connectivity index (χ1n) is 6.82. The molecule has 4 heteroatoms. The second-order valence-electron chi connectivity index (χ2n) is 4.94. The van der Waals surface area contributed by atoms with Gasteiger partial charge in [0.15, 0.2) is 0 Å². The van der Waals surface area contributed by atoms with E-state index in [4.69, 9.17) is 4.74 Å². The lowest BCUT2D eigenvalue weighted by Crippen LogP contribution is -2.40. The Labute approximate surface area is 114 Å². The number of piperidine rings is 1. The monoisotopic (exact) mass is 263 g/mol. The van der Waals surface area contributed by atoms with Crippen LogP contribution < -0.4 is 4.74 Å². The molecule has 0 saturated carbocycles. The fourth-order valence-electron chi connectivity index (χ4n) is 2.30. The summed E-state index contributed by atoms with van der Waals surface area (Å²) >= 11 is 0. The lowest BCUT2D eigenvalue weighted by molar-refractivity contribution is 0.0546. The number of benzene rings is 1. The molecule has 104 valence electrons. The Morgan fingerprint density at radius 2 is 2.11 bits per heavy atom. The van der Waals surface area contributed by atoms with Crippen molar-refractivity contribution in [1.29, 1.82) is 0 Å². The molecule has 1 aliphatic heterocycles. The highest BCUT2D eigenvalue weighted by atomic mass is 16.5. The van der Waals surface area contributed by atoms with Crippen molar-refractivity contribution in [3.8, 4) is 5.75 Å². The normalized spacial score (nSPS) is 16.5. The van der Waals surface area contributed by atoms with E-state index in [-0.39, 0.29) is 12.0 Å². The lowest BCUT2D eigenvalue weighted by Gasteiger charge is -2.29. The van der Waals surface area contributed by atoms with Gasteiger partial charge in [-0.1, -0.05) is 6.07 Å². The molecule has 1 aromatic rings. The van der Waals surface area contributed by atoms with E-state index < -0.39 is 0 Å². The molecule has 0 unspecified atom stereocenters. The molecule has 1 aromatic carbocycles. The van der Waals surface area contributed by atoms with E-state index in [1.165, 1.54) is 0 Å². The van der Waals surface area contributed by atoms with Crippen molar-refractivity contribution in [1.82, 2.24) is 4.90 Å². The third-order valence-electron chi connectivity index (χ3n) is 3.49. The summed E-state index contributed by atoms with van der Waals surface area (Å²) in [5.41, 5.74) is 1.69. The Balaban J connectivity index is 2.12. The van der Waals surface area contributed by atoms with Gasteiger partial charge in [0.1, 0.15) is 5.75 Å². The van der Waals surface area contributed by atoms with Crippen LogP contribution in [-0.2, 0) is 0 Å². The molecule has 1 saturated heterocycles. The van der Waals surface area contributed by atoms with Gasteiger partial charge in [-0.3, -0.25) is 4.79 Å². The second-order valence-corrected chi connectivity index (χ2v) is 4.94. The van der Waals surface area contributed by atoms with Crippen molar-refractivity contribution in [2.45, 2.75) is 32.8 Å². The maximum atomic E-state index is 12.4. The molecule has 0 aliphatic carbocycles. The smallest absolute Gasteiger partial charge is 0.253 e. The quantitative estimate of drug-likeness (QED) is 0.907. The third kappa shape index (κ3) is 3.26. The first-order chi connectivity index (χ1) is 9.11. The van der Waals surface area contributed by atoms with E-state index in [9.17, 15) is 9.90 Å². The number of likely N-dealkylation sites (tertiary alicyclic amines) is 1. The number of aliphatic hydroxyl groups is 1. The minimum atomic E-state index is -0.263. The van der Waals surface area contributed by atoms with Crippen LogP contribution in [0.4, 0.5) is 0 Å². The Hall–Kier alpha value is -1.55. The number of ether oxygens (including phenoxy) is 1. The zero-order valence-electron chi connectivity index (χ0n) is 11.6. The molecule has 0 aromatic heterocycles. The number of carbonyl (C=O) groups is 1. The van der Waals surface area contributed by atoms with Crippen LogP contribution in [0.25, 0.3) is 0 Å². The second kappa shape index (κ2) is 6.06. The predicted molar refractivity (Wildman–Crippen MR) is 73.5 cm³/mol. The summed E-state index contributed by atoms with van der Waals surface area (Å²) in [5, 5.41) is 9.47. The molecule has 19 heavy (non-hydrogen) atoms. The minimum absolute atomic E-state index is 0.0212. The van der Waals surface area contributed by atoms with Crippen LogP contribution in [0.2, 0.25) is 0 Å². The van der Waals surface area contributed by atoms with E-state index in [2.05, 4.69) is 0 Å². The van der Waals surface area contributed by atoms with Gasteiger partial charge < -0.3 is 14.7 Å². The van der Waals surface area contributed by atoms with Gasteiger partial charge in [-0.2, -0.15) is 0 Å². The standard InChI is InChI=1S/C15H21NO3/c1-3-19-14-10-12(5-4-11(14)2)15(18)16-8-6-13(17)7-9-16/h4-5,10,13,17H,3,6-9H2,1-2H3. The average Bonchev–Trinajstić information content (AvgIpc) is 2.41. The van der Waals surface area contributed by atoms with E-state index >= 15 is 0 Å². The number of nitrogens with zero attached hydrogens (tertiary/aromatic N) is 1. The van der Waals surface area contributed by atoms with Crippen molar-refractivity contribution in [3.05, 3.63) is 29.3 Å². The van der Waals surface area contributed by atoms with Gasteiger partial charge in [0.05, 0.1) is 12.7 Å². The highest BCUT2D eigenvalue weighted by molar-refractivity contribution is 5.94. The Kier molecular flexibility index (Phi) is 4.43. The van der Waals surface area contributed by atoms with Gasteiger partial charge in [-0.25, -0.2) is 0 Å². The molecule has 0 atom stereocenters. The van der Waals surface area contributed by atoms with Gasteiger partial charge in [-0.15, -0.1) is 0 Å². The molecule has 4 nitrogen and oxygen atoms in total. The van der Waals surface area contributed by atoms with Gasteiger partial charge >= 0.3 is 0 Å². The molecule has 1 heterocycles. The van der Waals surface area contributed by atoms with Crippen LogP contribution in [0.1, 0.15) is 35.7 Å². The fourth-order valence-corrected chi connectivity index (χ4v) is 2.30. The molecule has 2 rings (SSSR count). The number of hydrogen-bond acceptors (Lipinski definition) is 3. The Morgan fingerprint density at radius 3 is 2.74 bits per heavy atom. The van der Waals surface area contributed by atoms with Gasteiger partial charge in [0.2, 0.25) is 0 Å². The van der Waals surface area contributed by atoms with Gasteiger partial charge in [0, 0.05) is 18.7 Å². The summed E-state index contributed by atoms with van der Waals surface area (Å²) in [5.74, 6) is 0.790. The first kappa shape index (κ1) is 13.9. The van der Waals surface area contributed by atoms with Crippen LogP contribution in [0.3, 0.4) is 0 Å². The number of carbonyl (C=O) groups excluding carboxylic acids is 1. The highest BCUT2D eigenvalue weighted by Gasteiger charge is 2.22. The molecular weight excluding hydrogens is 242 g/mol. The van der Waals surface area contributed by atoms with Crippen LogP contribution in [0.5, 0.6) is 5.75 Å². The number of hydrogen-bond donors (Lipinski definition) is 1. The maximum Gasteiger partial charge on any atom is 0.253 e. The summed E-state index contributed by atoms with van der Waals surface area (Å²) in [6.45, 7) is 5.74. The molecule has 1 amide bonds. The van der Waals surface area contributed by atoms with E-state index in [1.54, 1.807) is 4.90 Å². The minimum Gasteiger partial charge on any atom is -0.494 e. The maximum absolute atomic E-state index is 12.4. The summed E-state index contributed by atoms with van der Waals surface area (Å²) < 4.78 is 5.52. The topological polar surface area (TPSA) is 49.8 Å². The number of aryl methyl sites for hydroxylation is 1. The van der Waals surface area contributed by atoms with Crippen molar-refractivity contribution < 1.29 is 14.6 Å². The van der Waals surface area contributed by atoms with Crippen molar-refractivity contribution in [2.75, 3.05) is 19.7 Å². The van der Waals surface area contributed by atoms with E-state index in [1.807, 2.05) is 32.0 Å². The third-order valence-corrected chi connectivity index (χ3v) is 3.49. The predicted octanol–water partition coefficient (Wildman–Crippen LogP) is 1.99. The number of rotatable bonds is 3. The average molecular weight is 263 g/mol. The summed E-state index contributed by atoms with van der Waals surface area (Å²) in [4.78, 5) is 14.2. The summed E-state index contributed by atoms with van der Waals surface area (Å²) in [6.07, 6.45) is 1.06. The summed E-state index contributed by atoms with van der Waals surface area (Å²) in [6, 6.07) is 5.56. The molecule has 1 aliphatic rings. The van der Waals surface area contributed by atoms with Gasteiger partial charge in [0.25, 0.3) is 5.91 Å². The molecule has 0 spiro atoms.